The molecule has 0 spiro atoms. The van der Waals surface area contributed by atoms with Crippen molar-refractivity contribution in [2.45, 2.75) is 9.99 Å². The molecular formula is C16H11ClN4O3S. The summed E-state index contributed by atoms with van der Waals surface area (Å²) < 4.78 is 5.64. The first kappa shape index (κ1) is 17.0. The van der Waals surface area contributed by atoms with E-state index in [4.69, 9.17) is 16.0 Å². The Balaban J connectivity index is 1.58. The van der Waals surface area contributed by atoms with Crippen molar-refractivity contribution < 1.29 is 9.34 Å². The SMILES string of the molecule is O=[N+]([O-])c1ccc(N/N=C\c2ccc(Sc3ccc(Cl)cc3)o2)nc1. The van der Waals surface area contributed by atoms with E-state index in [0.29, 0.717) is 16.6 Å². The number of furan rings is 1. The van der Waals surface area contributed by atoms with Crippen molar-refractivity contribution in [3.05, 3.63) is 75.6 Å². The molecule has 0 aliphatic heterocycles. The van der Waals surface area contributed by atoms with E-state index in [9.17, 15) is 10.1 Å². The third-order valence-electron chi connectivity index (χ3n) is 2.96. The second kappa shape index (κ2) is 7.82. The molecular weight excluding hydrogens is 364 g/mol. The van der Waals surface area contributed by atoms with E-state index in [1.165, 1.54) is 30.1 Å². The summed E-state index contributed by atoms with van der Waals surface area (Å²) in [5.74, 6) is 0.954. The molecule has 0 unspecified atom stereocenters. The van der Waals surface area contributed by atoms with Gasteiger partial charge in [-0.2, -0.15) is 5.10 Å². The van der Waals surface area contributed by atoms with Crippen molar-refractivity contribution in [1.82, 2.24) is 4.98 Å². The van der Waals surface area contributed by atoms with Gasteiger partial charge in [-0.1, -0.05) is 23.4 Å². The molecule has 1 aromatic carbocycles. The first-order valence-corrected chi connectivity index (χ1v) is 8.22. The number of hydrogen-bond donors (Lipinski definition) is 1. The number of pyridine rings is 1. The van der Waals surface area contributed by atoms with E-state index in [2.05, 4.69) is 15.5 Å². The maximum atomic E-state index is 10.6. The minimum Gasteiger partial charge on any atom is -0.448 e. The minimum atomic E-state index is -0.511. The van der Waals surface area contributed by atoms with Crippen LogP contribution in [0, 0.1) is 10.1 Å². The predicted molar refractivity (Wildman–Crippen MR) is 96.4 cm³/mol. The summed E-state index contributed by atoms with van der Waals surface area (Å²) in [6.45, 7) is 0. The number of halogens is 1. The summed E-state index contributed by atoms with van der Waals surface area (Å²) >= 11 is 7.32. The molecule has 25 heavy (non-hydrogen) atoms. The maximum absolute atomic E-state index is 10.6. The van der Waals surface area contributed by atoms with Gasteiger partial charge in [0.1, 0.15) is 17.8 Å². The fraction of sp³-hybridized carbons (Fsp3) is 0. The van der Waals surface area contributed by atoms with Crippen molar-refractivity contribution in [1.29, 1.82) is 0 Å². The molecule has 0 amide bonds. The third kappa shape index (κ3) is 4.82. The fourth-order valence-corrected chi connectivity index (χ4v) is 2.70. The van der Waals surface area contributed by atoms with Gasteiger partial charge in [-0.25, -0.2) is 4.98 Å². The zero-order valence-corrected chi connectivity index (χ0v) is 14.2. The van der Waals surface area contributed by atoms with E-state index in [1.807, 2.05) is 30.3 Å². The van der Waals surface area contributed by atoms with Gasteiger partial charge in [-0.05, 0) is 42.5 Å². The average Bonchev–Trinajstić information content (AvgIpc) is 3.05. The van der Waals surface area contributed by atoms with Crippen LogP contribution in [-0.4, -0.2) is 16.1 Å². The molecule has 3 rings (SSSR count). The van der Waals surface area contributed by atoms with Crippen LogP contribution < -0.4 is 5.43 Å². The summed E-state index contributed by atoms with van der Waals surface area (Å²) in [5, 5.41) is 15.9. The molecule has 0 fully saturated rings. The van der Waals surface area contributed by atoms with Gasteiger partial charge in [-0.15, -0.1) is 0 Å². The molecule has 0 bridgehead atoms. The number of nitro groups is 1. The Hall–Kier alpha value is -2.84. The molecule has 9 heteroatoms. The number of nitrogens with zero attached hydrogens (tertiary/aromatic N) is 3. The van der Waals surface area contributed by atoms with Crippen molar-refractivity contribution >= 4 is 41.1 Å². The fourth-order valence-electron chi connectivity index (χ4n) is 1.80. The lowest BCUT2D eigenvalue weighted by molar-refractivity contribution is -0.385. The van der Waals surface area contributed by atoms with Gasteiger partial charge in [-0.3, -0.25) is 15.5 Å². The highest BCUT2D eigenvalue weighted by Gasteiger charge is 2.05. The first-order valence-electron chi connectivity index (χ1n) is 7.03. The molecule has 126 valence electrons. The lowest BCUT2D eigenvalue weighted by atomic mass is 10.4. The van der Waals surface area contributed by atoms with Crippen molar-refractivity contribution in [2.75, 3.05) is 5.43 Å². The quantitative estimate of drug-likeness (QED) is 0.377. The zero-order valence-electron chi connectivity index (χ0n) is 12.6. The molecule has 0 atom stereocenters. The molecule has 2 heterocycles. The number of hydrazone groups is 1. The first-order chi connectivity index (χ1) is 12.1. The van der Waals surface area contributed by atoms with E-state index >= 15 is 0 Å². The van der Waals surface area contributed by atoms with E-state index in [1.54, 1.807) is 6.07 Å². The van der Waals surface area contributed by atoms with Gasteiger partial charge in [0.05, 0.1) is 11.1 Å². The van der Waals surface area contributed by atoms with Crippen molar-refractivity contribution in [2.24, 2.45) is 5.10 Å². The normalized spacial score (nSPS) is 10.9. The lowest BCUT2D eigenvalue weighted by Gasteiger charge is -1.98. The van der Waals surface area contributed by atoms with Crippen LogP contribution in [0.25, 0.3) is 0 Å². The summed E-state index contributed by atoms with van der Waals surface area (Å²) in [7, 11) is 0. The number of aromatic nitrogens is 1. The zero-order chi connectivity index (χ0) is 17.6. The number of anilines is 1. The van der Waals surface area contributed by atoms with Gasteiger partial charge in [0.2, 0.25) is 0 Å². The smallest absolute Gasteiger partial charge is 0.287 e. The Kier molecular flexibility index (Phi) is 5.32. The molecule has 0 aliphatic carbocycles. The second-order valence-corrected chi connectivity index (χ2v) is 6.26. The summed E-state index contributed by atoms with van der Waals surface area (Å²) in [4.78, 5) is 14.9. The minimum absolute atomic E-state index is 0.0792. The topological polar surface area (TPSA) is 93.6 Å². The van der Waals surface area contributed by atoms with Crippen LogP contribution in [0.15, 0.2) is 74.2 Å². The Morgan fingerprint density at radius 3 is 2.68 bits per heavy atom. The number of benzene rings is 1. The lowest BCUT2D eigenvalue weighted by Crippen LogP contribution is -1.94. The average molecular weight is 375 g/mol. The van der Waals surface area contributed by atoms with Crippen LogP contribution in [-0.2, 0) is 0 Å². The highest BCUT2D eigenvalue weighted by molar-refractivity contribution is 7.99. The Morgan fingerprint density at radius 1 is 1.20 bits per heavy atom. The molecule has 7 nitrogen and oxygen atoms in total. The van der Waals surface area contributed by atoms with Crippen LogP contribution in [0.1, 0.15) is 5.76 Å². The highest BCUT2D eigenvalue weighted by atomic mass is 35.5. The Bertz CT molecular complexity index is 895. The Labute approximate surface area is 151 Å². The molecule has 1 N–H and O–H groups in total. The second-order valence-electron chi connectivity index (χ2n) is 4.74. The highest BCUT2D eigenvalue weighted by Crippen LogP contribution is 2.29. The number of rotatable bonds is 6. The molecule has 3 aromatic rings. The Morgan fingerprint density at radius 2 is 2.00 bits per heavy atom. The number of nitrogens with one attached hydrogen (secondary N) is 1. The monoisotopic (exact) mass is 374 g/mol. The van der Waals surface area contributed by atoms with Crippen LogP contribution in [0.3, 0.4) is 0 Å². The van der Waals surface area contributed by atoms with Gasteiger partial charge in [0.15, 0.2) is 5.09 Å². The standard InChI is InChI=1S/C16H11ClN4O3S/c17-11-1-5-14(6-2-11)25-16-8-4-13(24-16)10-19-20-15-7-3-12(9-18-15)21(22)23/h1-10H,(H,18,20)/b19-10-. The molecule has 0 radical (unpaired) electrons. The summed E-state index contributed by atoms with van der Waals surface area (Å²) in [5.41, 5.74) is 2.60. The van der Waals surface area contributed by atoms with Gasteiger partial charge in [0, 0.05) is 16.0 Å². The van der Waals surface area contributed by atoms with Crippen LogP contribution in [0.5, 0.6) is 0 Å². The van der Waals surface area contributed by atoms with Crippen LogP contribution >= 0.6 is 23.4 Å². The predicted octanol–water partition coefficient (Wildman–Crippen LogP) is 4.83. The van der Waals surface area contributed by atoms with Gasteiger partial charge in [0.25, 0.3) is 5.69 Å². The maximum Gasteiger partial charge on any atom is 0.287 e. The van der Waals surface area contributed by atoms with E-state index in [0.717, 1.165) is 16.2 Å². The van der Waals surface area contributed by atoms with Crippen molar-refractivity contribution in [3.8, 4) is 0 Å². The van der Waals surface area contributed by atoms with Crippen molar-refractivity contribution in [3.63, 3.8) is 0 Å². The van der Waals surface area contributed by atoms with Crippen LogP contribution in [0.4, 0.5) is 11.5 Å². The van der Waals surface area contributed by atoms with Gasteiger partial charge >= 0.3 is 0 Å². The third-order valence-corrected chi connectivity index (χ3v) is 4.14. The summed E-state index contributed by atoms with van der Waals surface area (Å²) in [6.07, 6.45) is 2.65. The molecule has 2 aromatic heterocycles. The van der Waals surface area contributed by atoms with Crippen LogP contribution in [0.2, 0.25) is 5.02 Å². The van der Waals surface area contributed by atoms with E-state index in [-0.39, 0.29) is 5.69 Å². The van der Waals surface area contributed by atoms with E-state index < -0.39 is 4.92 Å². The molecule has 0 aliphatic rings. The molecule has 0 saturated carbocycles. The largest absolute Gasteiger partial charge is 0.448 e. The summed E-state index contributed by atoms with van der Waals surface area (Å²) in [6, 6.07) is 13.9. The van der Waals surface area contributed by atoms with Gasteiger partial charge < -0.3 is 4.42 Å². The number of hydrogen-bond acceptors (Lipinski definition) is 7. The molecule has 0 saturated heterocycles.